The van der Waals surface area contributed by atoms with Gasteiger partial charge in [0.1, 0.15) is 23.9 Å². The zero-order chi connectivity index (χ0) is 22.2. The van der Waals surface area contributed by atoms with Crippen LogP contribution in [0.1, 0.15) is 18.1 Å². The van der Waals surface area contributed by atoms with E-state index < -0.39 is 0 Å². The molecule has 2 aliphatic rings. The van der Waals surface area contributed by atoms with Gasteiger partial charge in [-0.1, -0.05) is 12.1 Å². The zero-order valence-electron chi connectivity index (χ0n) is 18.8. The van der Waals surface area contributed by atoms with E-state index in [0.29, 0.717) is 26.3 Å². The van der Waals surface area contributed by atoms with Crippen LogP contribution in [0.15, 0.2) is 42.5 Å². The normalized spacial score (nSPS) is 16.3. The number of hydrogen-bond donors (Lipinski definition) is 1. The number of ether oxygens (including phenoxy) is 3. The monoisotopic (exact) mass is 439 g/mol. The van der Waals surface area contributed by atoms with Gasteiger partial charge in [-0.2, -0.15) is 0 Å². The molecule has 0 unspecified atom stereocenters. The van der Waals surface area contributed by atoms with E-state index in [0.717, 1.165) is 63.0 Å². The van der Waals surface area contributed by atoms with E-state index in [1.54, 1.807) is 0 Å². The molecule has 0 aliphatic carbocycles. The lowest BCUT2D eigenvalue weighted by molar-refractivity contribution is -0.122. The smallest absolute Gasteiger partial charge is 0.234 e. The molecule has 0 aromatic heterocycles. The first-order chi connectivity index (χ1) is 15.7. The van der Waals surface area contributed by atoms with Crippen molar-refractivity contribution in [2.24, 2.45) is 0 Å². The number of piperazine rings is 1. The topological polar surface area (TPSA) is 63.3 Å². The van der Waals surface area contributed by atoms with Crippen LogP contribution in [-0.2, 0) is 17.8 Å². The van der Waals surface area contributed by atoms with Crippen molar-refractivity contribution < 1.29 is 19.0 Å². The maximum Gasteiger partial charge on any atom is 0.234 e. The van der Waals surface area contributed by atoms with Crippen LogP contribution in [0.2, 0.25) is 0 Å². The highest BCUT2D eigenvalue weighted by molar-refractivity contribution is 5.78. The zero-order valence-corrected chi connectivity index (χ0v) is 18.8. The Labute approximate surface area is 190 Å². The summed E-state index contributed by atoms with van der Waals surface area (Å²) in [5, 5.41) is 2.95. The van der Waals surface area contributed by atoms with Crippen LogP contribution in [0.25, 0.3) is 0 Å². The second kappa shape index (κ2) is 11.2. The van der Waals surface area contributed by atoms with Gasteiger partial charge in [0.25, 0.3) is 0 Å². The van der Waals surface area contributed by atoms with Gasteiger partial charge in [0.2, 0.25) is 5.91 Å². The van der Waals surface area contributed by atoms with Crippen molar-refractivity contribution in [3.63, 3.8) is 0 Å². The highest BCUT2D eigenvalue weighted by Gasteiger charge is 2.20. The summed E-state index contributed by atoms with van der Waals surface area (Å²) in [7, 11) is 0. The van der Waals surface area contributed by atoms with Crippen LogP contribution in [0.5, 0.6) is 17.2 Å². The SMILES string of the molecule is CCOc1ccc(OCCNC(=O)CN2CCN(Cc3ccc4c(c3)CCO4)CC2)cc1. The van der Waals surface area contributed by atoms with Crippen molar-refractivity contribution in [2.45, 2.75) is 19.9 Å². The van der Waals surface area contributed by atoms with E-state index in [2.05, 4.69) is 33.3 Å². The number of nitrogens with one attached hydrogen (secondary N) is 1. The predicted octanol–water partition coefficient (Wildman–Crippen LogP) is 2.33. The number of nitrogens with zero attached hydrogens (tertiary/aromatic N) is 2. The first-order valence-corrected chi connectivity index (χ1v) is 11.5. The third-order valence-corrected chi connectivity index (χ3v) is 5.82. The van der Waals surface area contributed by atoms with E-state index in [-0.39, 0.29) is 5.91 Å². The Morgan fingerprint density at radius 1 is 1.00 bits per heavy atom. The maximum atomic E-state index is 12.3. The molecule has 7 heteroatoms. The molecule has 1 fully saturated rings. The van der Waals surface area contributed by atoms with Crippen LogP contribution in [-0.4, -0.2) is 74.8 Å². The summed E-state index contributed by atoms with van der Waals surface area (Å²) < 4.78 is 16.7. The number of hydrogen-bond acceptors (Lipinski definition) is 6. The van der Waals surface area contributed by atoms with E-state index in [1.165, 1.54) is 11.1 Å². The molecule has 7 nitrogen and oxygen atoms in total. The fraction of sp³-hybridized carbons (Fsp3) is 0.480. The largest absolute Gasteiger partial charge is 0.494 e. The lowest BCUT2D eigenvalue weighted by Crippen LogP contribution is -2.49. The third-order valence-electron chi connectivity index (χ3n) is 5.82. The number of amides is 1. The van der Waals surface area contributed by atoms with Crippen molar-refractivity contribution in [1.29, 1.82) is 0 Å². The first kappa shape index (κ1) is 22.4. The van der Waals surface area contributed by atoms with E-state index in [1.807, 2.05) is 31.2 Å². The van der Waals surface area contributed by atoms with E-state index >= 15 is 0 Å². The number of rotatable bonds is 10. The van der Waals surface area contributed by atoms with E-state index in [9.17, 15) is 4.79 Å². The molecule has 0 radical (unpaired) electrons. The average molecular weight is 440 g/mol. The van der Waals surface area contributed by atoms with Gasteiger partial charge < -0.3 is 19.5 Å². The molecule has 4 rings (SSSR count). The Kier molecular flexibility index (Phi) is 7.85. The number of carbonyl (C=O) groups excluding carboxylic acids is 1. The summed E-state index contributed by atoms with van der Waals surface area (Å²) in [5.74, 6) is 2.69. The quantitative estimate of drug-likeness (QED) is 0.574. The summed E-state index contributed by atoms with van der Waals surface area (Å²) >= 11 is 0. The average Bonchev–Trinajstić information content (AvgIpc) is 3.27. The molecule has 0 atom stereocenters. The fourth-order valence-corrected chi connectivity index (χ4v) is 4.12. The predicted molar refractivity (Wildman–Crippen MR) is 123 cm³/mol. The Bertz CT molecular complexity index is 879. The minimum atomic E-state index is 0.0485. The second-order valence-electron chi connectivity index (χ2n) is 8.20. The van der Waals surface area contributed by atoms with Crippen molar-refractivity contribution in [3.8, 4) is 17.2 Å². The Morgan fingerprint density at radius 3 is 2.47 bits per heavy atom. The molecule has 2 aromatic carbocycles. The van der Waals surface area contributed by atoms with E-state index in [4.69, 9.17) is 14.2 Å². The van der Waals surface area contributed by atoms with Crippen molar-refractivity contribution >= 4 is 5.91 Å². The molecule has 0 saturated carbocycles. The Morgan fingerprint density at radius 2 is 1.72 bits per heavy atom. The van der Waals surface area contributed by atoms with Gasteiger partial charge in [-0.3, -0.25) is 14.6 Å². The van der Waals surface area contributed by atoms with Crippen LogP contribution >= 0.6 is 0 Å². The minimum Gasteiger partial charge on any atom is -0.494 e. The standard InChI is InChI=1S/C25H33N3O4/c1-2-30-22-4-6-23(7-5-22)31-16-10-26-25(29)19-28-13-11-27(12-14-28)18-20-3-8-24-21(17-20)9-15-32-24/h3-8,17H,2,9-16,18-19H2,1H3,(H,26,29). The number of carbonyl (C=O) groups is 1. The van der Waals surface area contributed by atoms with Gasteiger partial charge >= 0.3 is 0 Å². The Hall–Kier alpha value is -2.77. The third kappa shape index (κ3) is 6.37. The molecular weight excluding hydrogens is 406 g/mol. The van der Waals surface area contributed by atoms with Crippen molar-refractivity contribution in [2.75, 3.05) is 59.1 Å². The Balaban J connectivity index is 1.10. The molecule has 2 aromatic rings. The summed E-state index contributed by atoms with van der Waals surface area (Å²) in [6.45, 7) is 9.49. The first-order valence-electron chi connectivity index (χ1n) is 11.5. The minimum absolute atomic E-state index is 0.0485. The molecule has 32 heavy (non-hydrogen) atoms. The fourth-order valence-electron chi connectivity index (χ4n) is 4.12. The van der Waals surface area contributed by atoms with Crippen molar-refractivity contribution in [1.82, 2.24) is 15.1 Å². The molecule has 0 spiro atoms. The maximum absolute atomic E-state index is 12.3. The van der Waals surface area contributed by atoms with Gasteiger partial charge in [-0.25, -0.2) is 0 Å². The molecule has 1 saturated heterocycles. The molecule has 1 N–H and O–H groups in total. The molecule has 2 heterocycles. The van der Waals surface area contributed by atoms with Gasteiger partial charge in [0, 0.05) is 39.1 Å². The highest BCUT2D eigenvalue weighted by Crippen LogP contribution is 2.26. The van der Waals surface area contributed by atoms with Crippen LogP contribution in [0.3, 0.4) is 0 Å². The molecule has 1 amide bonds. The summed E-state index contributed by atoms with van der Waals surface area (Å²) in [6, 6.07) is 14.1. The summed E-state index contributed by atoms with van der Waals surface area (Å²) in [4.78, 5) is 16.9. The molecule has 2 aliphatic heterocycles. The van der Waals surface area contributed by atoms with Crippen LogP contribution in [0, 0.1) is 0 Å². The lowest BCUT2D eigenvalue weighted by atomic mass is 10.1. The van der Waals surface area contributed by atoms with Crippen LogP contribution in [0.4, 0.5) is 0 Å². The van der Waals surface area contributed by atoms with Gasteiger partial charge in [0.15, 0.2) is 0 Å². The molecular formula is C25H33N3O4. The lowest BCUT2D eigenvalue weighted by Gasteiger charge is -2.34. The summed E-state index contributed by atoms with van der Waals surface area (Å²) in [5.41, 5.74) is 2.66. The summed E-state index contributed by atoms with van der Waals surface area (Å²) in [6.07, 6.45) is 1.01. The number of benzene rings is 2. The number of fused-ring (bicyclic) bond motifs is 1. The molecule has 0 bridgehead atoms. The van der Waals surface area contributed by atoms with Crippen LogP contribution < -0.4 is 19.5 Å². The van der Waals surface area contributed by atoms with Gasteiger partial charge in [-0.05, 0) is 48.4 Å². The van der Waals surface area contributed by atoms with Gasteiger partial charge in [-0.15, -0.1) is 0 Å². The van der Waals surface area contributed by atoms with Crippen molar-refractivity contribution in [3.05, 3.63) is 53.6 Å². The molecule has 172 valence electrons. The van der Waals surface area contributed by atoms with Gasteiger partial charge in [0.05, 0.1) is 26.3 Å². The highest BCUT2D eigenvalue weighted by atomic mass is 16.5. The second-order valence-corrected chi connectivity index (χ2v) is 8.20.